The topological polar surface area (TPSA) is 98.8 Å². The van der Waals surface area contributed by atoms with Gasteiger partial charge in [0.1, 0.15) is 12.1 Å². The average Bonchev–Trinajstić information content (AvgIpc) is 3.52. The Balaban J connectivity index is 1.28. The standard InChI is InChI=1S/C23H30N4O4S/c28-19(12-16-7-4-10-32-16)26-9-8-17-20(26)23(31)27-13-15(11-18(27)22(30)25-17)24-21(29)14-5-2-1-3-6-14/h4,7,10,14-15,17-18,20H,1-3,5-6,8-9,11-13H2,(H,24,29)(H,25,30)/t15-,17-,18+,20-/m0/s1. The van der Waals surface area contributed by atoms with Crippen LogP contribution in [0.4, 0.5) is 0 Å². The molecule has 0 aromatic carbocycles. The van der Waals surface area contributed by atoms with Crippen molar-refractivity contribution in [2.24, 2.45) is 5.92 Å². The Morgan fingerprint density at radius 2 is 1.97 bits per heavy atom. The third-order valence-corrected chi connectivity index (χ3v) is 8.29. The maximum absolute atomic E-state index is 13.5. The third kappa shape index (κ3) is 4.02. The summed E-state index contributed by atoms with van der Waals surface area (Å²) in [5.74, 6) is -0.343. The first-order chi connectivity index (χ1) is 15.5. The van der Waals surface area contributed by atoms with Crippen LogP contribution in [-0.4, -0.2) is 70.7 Å². The zero-order valence-corrected chi connectivity index (χ0v) is 18.9. The molecule has 9 heteroatoms. The lowest BCUT2D eigenvalue weighted by atomic mass is 9.88. The van der Waals surface area contributed by atoms with Crippen molar-refractivity contribution in [1.82, 2.24) is 20.4 Å². The number of likely N-dealkylation sites (tertiary alicyclic amines) is 1. The minimum absolute atomic E-state index is 0.0401. The number of amides is 4. The van der Waals surface area contributed by atoms with Gasteiger partial charge in [-0.3, -0.25) is 19.2 Å². The molecule has 3 aliphatic heterocycles. The Bertz CT molecular complexity index is 898. The Kier molecular flexibility index (Phi) is 5.92. The van der Waals surface area contributed by atoms with Gasteiger partial charge in [0.2, 0.25) is 23.6 Å². The molecule has 32 heavy (non-hydrogen) atoms. The van der Waals surface area contributed by atoms with Crippen LogP contribution in [0.2, 0.25) is 0 Å². The summed E-state index contributed by atoms with van der Waals surface area (Å²) in [7, 11) is 0. The van der Waals surface area contributed by atoms with Crippen molar-refractivity contribution in [3.63, 3.8) is 0 Å². The van der Waals surface area contributed by atoms with Gasteiger partial charge in [-0.1, -0.05) is 25.3 Å². The van der Waals surface area contributed by atoms with Gasteiger partial charge in [-0.2, -0.15) is 0 Å². The number of hydrogen-bond acceptors (Lipinski definition) is 5. The quantitative estimate of drug-likeness (QED) is 0.705. The third-order valence-electron chi connectivity index (χ3n) is 7.41. The maximum Gasteiger partial charge on any atom is 0.248 e. The Morgan fingerprint density at radius 3 is 2.72 bits per heavy atom. The molecule has 4 amide bonds. The van der Waals surface area contributed by atoms with Crippen LogP contribution in [0.1, 0.15) is 49.8 Å². The van der Waals surface area contributed by atoms with Gasteiger partial charge in [0.15, 0.2) is 0 Å². The van der Waals surface area contributed by atoms with E-state index in [4.69, 9.17) is 0 Å². The van der Waals surface area contributed by atoms with Crippen molar-refractivity contribution in [2.45, 2.75) is 75.5 Å². The highest BCUT2D eigenvalue weighted by atomic mass is 32.1. The summed E-state index contributed by atoms with van der Waals surface area (Å²) in [6.45, 7) is 0.789. The number of carbonyl (C=O) groups is 4. The van der Waals surface area contributed by atoms with Crippen LogP contribution in [-0.2, 0) is 25.6 Å². The predicted octanol–water partition coefficient (Wildman–Crippen LogP) is 1.06. The molecular formula is C23H30N4O4S. The second-order valence-electron chi connectivity index (χ2n) is 9.47. The monoisotopic (exact) mass is 458 g/mol. The minimum Gasteiger partial charge on any atom is -0.351 e. The van der Waals surface area contributed by atoms with Crippen LogP contribution in [0, 0.1) is 5.92 Å². The van der Waals surface area contributed by atoms with Crippen molar-refractivity contribution in [3.8, 4) is 0 Å². The summed E-state index contributed by atoms with van der Waals surface area (Å²) in [4.78, 5) is 56.3. The van der Waals surface area contributed by atoms with Crippen LogP contribution in [0.5, 0.6) is 0 Å². The molecule has 1 saturated carbocycles. The van der Waals surface area contributed by atoms with E-state index >= 15 is 0 Å². The minimum atomic E-state index is -0.663. The van der Waals surface area contributed by atoms with Gasteiger partial charge in [0, 0.05) is 29.9 Å². The van der Waals surface area contributed by atoms with E-state index in [0.29, 0.717) is 25.9 Å². The smallest absolute Gasteiger partial charge is 0.248 e. The molecule has 172 valence electrons. The van der Waals surface area contributed by atoms with Crippen molar-refractivity contribution >= 4 is 35.0 Å². The first kappa shape index (κ1) is 21.4. The van der Waals surface area contributed by atoms with Crippen LogP contribution < -0.4 is 10.6 Å². The molecule has 0 unspecified atom stereocenters. The van der Waals surface area contributed by atoms with E-state index in [2.05, 4.69) is 10.6 Å². The molecule has 4 heterocycles. The Labute approximate surface area is 191 Å². The van der Waals surface area contributed by atoms with E-state index in [9.17, 15) is 19.2 Å². The van der Waals surface area contributed by atoms with Gasteiger partial charge in [-0.05, 0) is 37.1 Å². The normalized spacial score (nSPS) is 30.5. The van der Waals surface area contributed by atoms with Gasteiger partial charge >= 0.3 is 0 Å². The summed E-state index contributed by atoms with van der Waals surface area (Å²) in [5.41, 5.74) is 0. The molecule has 4 aliphatic rings. The molecule has 0 radical (unpaired) electrons. The van der Waals surface area contributed by atoms with Crippen molar-refractivity contribution in [3.05, 3.63) is 22.4 Å². The zero-order chi connectivity index (χ0) is 22.2. The first-order valence-electron chi connectivity index (χ1n) is 11.7. The molecule has 5 rings (SSSR count). The fourth-order valence-electron chi connectivity index (χ4n) is 5.76. The maximum atomic E-state index is 13.5. The Morgan fingerprint density at radius 1 is 1.16 bits per heavy atom. The van der Waals surface area contributed by atoms with Crippen molar-refractivity contribution in [1.29, 1.82) is 0 Å². The number of fused-ring (bicyclic) bond motifs is 2. The van der Waals surface area contributed by atoms with Gasteiger partial charge in [0.05, 0.1) is 12.5 Å². The Hall–Kier alpha value is -2.42. The molecule has 3 saturated heterocycles. The number of hydrogen-bond donors (Lipinski definition) is 2. The van der Waals surface area contributed by atoms with Crippen molar-refractivity contribution in [2.75, 3.05) is 13.1 Å². The average molecular weight is 459 g/mol. The van der Waals surface area contributed by atoms with Crippen LogP contribution in [0.3, 0.4) is 0 Å². The van der Waals surface area contributed by atoms with E-state index in [1.807, 2.05) is 17.5 Å². The molecule has 0 spiro atoms. The largest absolute Gasteiger partial charge is 0.351 e. The van der Waals surface area contributed by atoms with Crippen LogP contribution in [0.15, 0.2) is 17.5 Å². The highest BCUT2D eigenvalue weighted by Crippen LogP contribution is 2.30. The molecule has 8 nitrogen and oxygen atoms in total. The number of nitrogens with one attached hydrogen (secondary N) is 2. The van der Waals surface area contributed by atoms with E-state index < -0.39 is 12.1 Å². The van der Waals surface area contributed by atoms with E-state index in [1.54, 1.807) is 9.80 Å². The summed E-state index contributed by atoms with van der Waals surface area (Å²) in [6.07, 6.45) is 6.45. The lowest BCUT2D eigenvalue weighted by Crippen LogP contribution is -2.53. The van der Waals surface area contributed by atoms with Crippen LogP contribution in [0.25, 0.3) is 0 Å². The fraction of sp³-hybridized carbons (Fsp3) is 0.652. The second-order valence-corrected chi connectivity index (χ2v) is 10.5. The summed E-state index contributed by atoms with van der Waals surface area (Å²) < 4.78 is 0. The first-order valence-corrected chi connectivity index (χ1v) is 12.6. The molecule has 4 fully saturated rings. The number of nitrogens with zero attached hydrogens (tertiary/aromatic N) is 2. The SMILES string of the molecule is O=C(N[C@H]1C[C@@H]2C(=O)N[C@H]3CCN(C(=O)Cc4cccs4)[C@@H]3C(=O)N2C1)C1CCCCC1. The molecule has 1 aliphatic carbocycles. The van der Waals surface area contributed by atoms with E-state index in [1.165, 1.54) is 17.8 Å². The molecule has 4 atom stereocenters. The highest BCUT2D eigenvalue weighted by Gasteiger charge is 2.52. The van der Waals surface area contributed by atoms with Crippen LogP contribution >= 0.6 is 11.3 Å². The zero-order valence-electron chi connectivity index (χ0n) is 18.1. The number of carbonyl (C=O) groups excluding carboxylic acids is 4. The number of rotatable bonds is 4. The molecule has 1 aromatic heterocycles. The fourth-order valence-corrected chi connectivity index (χ4v) is 6.45. The molecule has 1 aromatic rings. The second kappa shape index (κ2) is 8.84. The summed E-state index contributed by atoms with van der Waals surface area (Å²) >= 11 is 1.52. The highest BCUT2D eigenvalue weighted by molar-refractivity contribution is 7.10. The molecule has 0 bridgehead atoms. The predicted molar refractivity (Wildman–Crippen MR) is 119 cm³/mol. The van der Waals surface area contributed by atoms with Gasteiger partial charge in [-0.15, -0.1) is 11.3 Å². The summed E-state index contributed by atoms with van der Waals surface area (Å²) in [6, 6.07) is 2.01. The lowest BCUT2D eigenvalue weighted by Gasteiger charge is -2.29. The van der Waals surface area contributed by atoms with Gasteiger partial charge < -0.3 is 20.4 Å². The summed E-state index contributed by atoms with van der Waals surface area (Å²) in [5, 5.41) is 8.05. The van der Waals surface area contributed by atoms with E-state index in [0.717, 1.165) is 30.6 Å². The molecular weight excluding hydrogens is 428 g/mol. The van der Waals surface area contributed by atoms with Crippen molar-refractivity contribution < 1.29 is 19.2 Å². The van der Waals surface area contributed by atoms with Gasteiger partial charge in [0.25, 0.3) is 0 Å². The van der Waals surface area contributed by atoms with Gasteiger partial charge in [-0.25, -0.2) is 0 Å². The van der Waals surface area contributed by atoms with E-state index in [-0.39, 0.29) is 48.1 Å². The number of thiophene rings is 1. The lowest BCUT2D eigenvalue weighted by molar-refractivity contribution is -0.144. The molecule has 2 N–H and O–H groups in total.